The molecule has 1 atom stereocenters. The van der Waals surface area contributed by atoms with Gasteiger partial charge < -0.3 is 4.74 Å². The predicted octanol–water partition coefficient (Wildman–Crippen LogP) is 1.22. The van der Waals surface area contributed by atoms with Crippen molar-refractivity contribution in [1.29, 1.82) is 0 Å². The largest absolute Gasteiger partial charge is 0.460 e. The van der Waals surface area contributed by atoms with E-state index >= 15 is 0 Å². The number of cyclic esters (lactones) is 1. The average molecular weight is 310 g/mol. The third-order valence-electron chi connectivity index (χ3n) is 3.02. The predicted molar refractivity (Wildman–Crippen MR) is 73.8 cm³/mol. The summed E-state index contributed by atoms with van der Waals surface area (Å²) in [4.78, 5) is 14.2. The molecule has 0 bridgehead atoms. The van der Waals surface area contributed by atoms with Crippen LogP contribution < -0.4 is 0 Å². The molecular weight excluding hydrogens is 296 g/mol. The van der Waals surface area contributed by atoms with Gasteiger partial charge >= 0.3 is 5.97 Å². The normalized spacial score (nSPS) is 19.7. The number of benzene rings is 1. The lowest BCUT2D eigenvalue weighted by molar-refractivity contribution is -0.154. The number of rotatable bonds is 4. The maximum atomic E-state index is 12.5. The number of hydrogen-bond acceptors (Lipinski definition) is 5. The monoisotopic (exact) mass is 310 g/mol. The van der Waals surface area contributed by atoms with Crippen LogP contribution in [-0.4, -0.2) is 44.4 Å². The molecule has 0 saturated carbocycles. The summed E-state index contributed by atoms with van der Waals surface area (Å²) in [5.74, 6) is -0.657. The molecule has 0 aliphatic carbocycles. The summed E-state index contributed by atoms with van der Waals surface area (Å²) >= 11 is 0. The second kappa shape index (κ2) is 6.13. The first-order valence-electron chi connectivity index (χ1n) is 6.20. The van der Waals surface area contributed by atoms with E-state index in [0.717, 1.165) is 9.87 Å². The van der Waals surface area contributed by atoms with Gasteiger partial charge in [-0.2, -0.15) is 4.31 Å². The van der Waals surface area contributed by atoms with E-state index in [9.17, 15) is 13.2 Å². The third-order valence-corrected chi connectivity index (χ3v) is 4.84. The molecule has 0 aromatic heterocycles. The molecule has 1 fully saturated rings. The summed E-state index contributed by atoms with van der Waals surface area (Å²) in [6, 6.07) is 6.36. The van der Waals surface area contributed by atoms with Crippen molar-refractivity contribution >= 4 is 16.0 Å². The molecule has 1 aromatic carbocycles. The van der Waals surface area contributed by atoms with Crippen molar-refractivity contribution in [3.8, 4) is 0 Å². The first-order valence-corrected chi connectivity index (χ1v) is 7.64. The topological polar surface area (TPSA) is 112 Å². The van der Waals surface area contributed by atoms with Crippen LogP contribution in [0.25, 0.3) is 10.4 Å². The molecule has 9 heteroatoms. The Morgan fingerprint density at radius 2 is 2.10 bits per heavy atom. The number of sulfonamides is 1. The fraction of sp³-hybridized carbons (Fsp3) is 0.417. The van der Waals surface area contributed by atoms with E-state index in [-0.39, 0.29) is 24.5 Å². The maximum Gasteiger partial charge on any atom is 0.321 e. The SMILES string of the molecule is Cc1ccc(S(=O)(=O)N2CC(=O)OC(CN=[N+]=[N-])C2)cc1. The quantitative estimate of drug-likeness (QED) is 0.360. The van der Waals surface area contributed by atoms with Gasteiger partial charge in [-0.3, -0.25) is 4.79 Å². The van der Waals surface area contributed by atoms with Crippen LogP contribution >= 0.6 is 0 Å². The van der Waals surface area contributed by atoms with Gasteiger partial charge in [0.05, 0.1) is 18.0 Å². The van der Waals surface area contributed by atoms with Gasteiger partial charge in [0.1, 0.15) is 12.6 Å². The Morgan fingerprint density at radius 3 is 2.71 bits per heavy atom. The van der Waals surface area contributed by atoms with Crippen LogP contribution in [0.3, 0.4) is 0 Å². The number of ether oxygens (including phenoxy) is 1. The Morgan fingerprint density at radius 1 is 1.43 bits per heavy atom. The molecule has 1 aromatic rings. The Balaban J connectivity index is 2.24. The van der Waals surface area contributed by atoms with E-state index < -0.39 is 22.1 Å². The third kappa shape index (κ3) is 3.52. The summed E-state index contributed by atoms with van der Waals surface area (Å²) in [6.45, 7) is 1.39. The first kappa shape index (κ1) is 15.3. The zero-order valence-electron chi connectivity index (χ0n) is 11.3. The van der Waals surface area contributed by atoms with Gasteiger partial charge in [-0.25, -0.2) is 8.42 Å². The molecule has 1 aliphatic rings. The molecular formula is C12H14N4O4S. The van der Waals surface area contributed by atoms with Crippen molar-refractivity contribution in [2.45, 2.75) is 17.9 Å². The van der Waals surface area contributed by atoms with E-state index in [1.165, 1.54) is 12.1 Å². The molecule has 1 unspecified atom stereocenters. The van der Waals surface area contributed by atoms with Crippen LogP contribution in [0, 0.1) is 6.92 Å². The number of morpholine rings is 1. The molecule has 2 rings (SSSR count). The maximum absolute atomic E-state index is 12.5. The highest BCUT2D eigenvalue weighted by molar-refractivity contribution is 7.89. The average Bonchev–Trinajstić information content (AvgIpc) is 2.45. The fourth-order valence-corrected chi connectivity index (χ4v) is 3.38. The van der Waals surface area contributed by atoms with E-state index in [4.69, 9.17) is 10.3 Å². The number of nitrogens with zero attached hydrogens (tertiary/aromatic N) is 4. The number of carbonyl (C=O) groups is 1. The van der Waals surface area contributed by atoms with Crippen LogP contribution in [0.15, 0.2) is 34.3 Å². The van der Waals surface area contributed by atoms with Gasteiger partial charge in [0.2, 0.25) is 10.0 Å². The summed E-state index contributed by atoms with van der Waals surface area (Å²) in [6.07, 6.45) is -0.762. The second-order valence-electron chi connectivity index (χ2n) is 4.64. The minimum atomic E-state index is -3.77. The number of carbonyl (C=O) groups excluding carboxylic acids is 1. The van der Waals surface area contributed by atoms with Crippen molar-refractivity contribution in [3.63, 3.8) is 0 Å². The molecule has 1 heterocycles. The number of esters is 1. The van der Waals surface area contributed by atoms with Gasteiger partial charge in [-0.05, 0) is 24.6 Å². The Labute approximate surface area is 122 Å². The van der Waals surface area contributed by atoms with Crippen LogP contribution in [0.2, 0.25) is 0 Å². The molecule has 0 radical (unpaired) electrons. The molecule has 1 saturated heterocycles. The smallest absolute Gasteiger partial charge is 0.321 e. The molecule has 8 nitrogen and oxygen atoms in total. The number of aryl methyl sites for hydroxylation is 1. The van der Waals surface area contributed by atoms with Gasteiger partial charge in [0.25, 0.3) is 0 Å². The Hall–Kier alpha value is -2.09. The van der Waals surface area contributed by atoms with Crippen LogP contribution in [0.1, 0.15) is 5.56 Å². The Kier molecular flexibility index (Phi) is 4.46. The van der Waals surface area contributed by atoms with Gasteiger partial charge in [-0.1, -0.05) is 22.8 Å². The first-order chi connectivity index (χ1) is 9.93. The van der Waals surface area contributed by atoms with E-state index in [0.29, 0.717) is 0 Å². The minimum absolute atomic E-state index is 0.0268. The van der Waals surface area contributed by atoms with Crippen LogP contribution in [0.5, 0.6) is 0 Å². The number of hydrogen-bond donors (Lipinski definition) is 0. The molecule has 0 amide bonds. The summed E-state index contributed by atoms with van der Waals surface area (Å²) < 4.78 is 31.0. The lowest BCUT2D eigenvalue weighted by Crippen LogP contribution is -2.49. The second-order valence-corrected chi connectivity index (χ2v) is 6.57. The highest BCUT2D eigenvalue weighted by atomic mass is 32.2. The number of azide groups is 1. The minimum Gasteiger partial charge on any atom is -0.460 e. The summed E-state index contributed by atoms with van der Waals surface area (Å²) in [5, 5.41) is 3.31. The van der Waals surface area contributed by atoms with Crippen molar-refractivity contribution in [2.24, 2.45) is 5.11 Å². The van der Waals surface area contributed by atoms with Gasteiger partial charge in [0.15, 0.2) is 0 Å². The zero-order valence-corrected chi connectivity index (χ0v) is 12.2. The lowest BCUT2D eigenvalue weighted by atomic mass is 10.2. The molecule has 112 valence electrons. The molecule has 21 heavy (non-hydrogen) atoms. The molecule has 1 aliphatic heterocycles. The van der Waals surface area contributed by atoms with Crippen molar-refractivity contribution < 1.29 is 17.9 Å². The van der Waals surface area contributed by atoms with Crippen molar-refractivity contribution in [2.75, 3.05) is 19.6 Å². The van der Waals surface area contributed by atoms with Gasteiger partial charge in [-0.15, -0.1) is 0 Å². The fourth-order valence-electron chi connectivity index (χ4n) is 1.96. The van der Waals surface area contributed by atoms with E-state index in [1.54, 1.807) is 12.1 Å². The Bertz CT molecular complexity index is 678. The highest BCUT2D eigenvalue weighted by Gasteiger charge is 2.34. The van der Waals surface area contributed by atoms with Crippen molar-refractivity contribution in [3.05, 3.63) is 40.3 Å². The highest BCUT2D eigenvalue weighted by Crippen LogP contribution is 2.19. The van der Waals surface area contributed by atoms with Crippen LogP contribution in [0.4, 0.5) is 0 Å². The van der Waals surface area contributed by atoms with E-state index in [2.05, 4.69) is 10.0 Å². The lowest BCUT2D eigenvalue weighted by Gasteiger charge is -2.30. The summed E-state index contributed by atoms with van der Waals surface area (Å²) in [5.41, 5.74) is 9.22. The van der Waals surface area contributed by atoms with Gasteiger partial charge in [0, 0.05) is 4.91 Å². The summed E-state index contributed by atoms with van der Waals surface area (Å²) in [7, 11) is -3.77. The van der Waals surface area contributed by atoms with E-state index in [1.807, 2.05) is 6.92 Å². The molecule has 0 spiro atoms. The molecule has 0 N–H and O–H groups in total. The van der Waals surface area contributed by atoms with Crippen LogP contribution in [-0.2, 0) is 19.6 Å². The standard InChI is InChI=1S/C12H14N4O4S/c1-9-2-4-11(5-3-9)21(18,19)16-7-10(6-14-15-13)20-12(17)8-16/h2-5,10H,6-8H2,1H3. The zero-order chi connectivity index (χ0) is 15.5. The van der Waals surface area contributed by atoms with Crippen molar-refractivity contribution in [1.82, 2.24) is 4.31 Å².